The number of hydrogen-bond acceptors (Lipinski definition) is 3. The van der Waals surface area contributed by atoms with Crippen molar-refractivity contribution in [3.63, 3.8) is 0 Å². The molecule has 0 bridgehead atoms. The van der Waals surface area contributed by atoms with E-state index in [9.17, 15) is 0 Å². The van der Waals surface area contributed by atoms with Crippen LogP contribution in [-0.4, -0.2) is 16.6 Å². The molecular formula is C12H17N3S. The second kappa shape index (κ2) is 4.80. The number of imidazole rings is 1. The number of hydrogen-bond donors (Lipinski definition) is 1. The minimum atomic E-state index is 0.932. The van der Waals surface area contributed by atoms with E-state index in [0.717, 1.165) is 18.8 Å². The molecule has 2 aromatic heterocycles. The molecule has 0 aliphatic carbocycles. The zero-order chi connectivity index (χ0) is 11.5. The molecule has 0 aliphatic rings. The van der Waals surface area contributed by atoms with Crippen LogP contribution in [0.15, 0.2) is 18.5 Å². The maximum atomic E-state index is 4.31. The summed E-state index contributed by atoms with van der Waals surface area (Å²) < 4.78 is 2.20. The molecule has 0 atom stereocenters. The van der Waals surface area contributed by atoms with Gasteiger partial charge < -0.3 is 9.88 Å². The van der Waals surface area contributed by atoms with Gasteiger partial charge in [0.15, 0.2) is 0 Å². The molecule has 2 rings (SSSR count). The lowest BCUT2D eigenvalue weighted by molar-refractivity contribution is 0.779. The summed E-state index contributed by atoms with van der Waals surface area (Å²) >= 11 is 1.86. The third kappa shape index (κ3) is 2.33. The molecule has 4 heteroatoms. The monoisotopic (exact) mass is 235 g/mol. The largest absolute Gasteiger partial charge is 0.329 e. The van der Waals surface area contributed by atoms with Gasteiger partial charge in [-0.3, -0.25) is 0 Å². The number of aryl methyl sites for hydroxylation is 1. The Morgan fingerprint density at radius 3 is 2.69 bits per heavy atom. The second-order valence-electron chi connectivity index (χ2n) is 3.94. The van der Waals surface area contributed by atoms with Crippen molar-refractivity contribution in [1.82, 2.24) is 14.9 Å². The molecule has 3 nitrogen and oxygen atoms in total. The van der Waals surface area contributed by atoms with Gasteiger partial charge >= 0.3 is 0 Å². The smallest absolute Gasteiger partial charge is 0.0954 e. The van der Waals surface area contributed by atoms with Crippen LogP contribution in [0.3, 0.4) is 0 Å². The standard InChI is InChI=1S/C12H17N3S/c1-9-10(2)15(8-14-9)7-12-5-4-11(16-12)6-13-3/h4-5,8,13H,6-7H2,1-3H3. The SMILES string of the molecule is CNCc1ccc(Cn2cnc(C)c2C)s1. The van der Waals surface area contributed by atoms with E-state index in [1.807, 2.05) is 31.6 Å². The molecule has 2 heterocycles. The van der Waals surface area contributed by atoms with E-state index in [1.165, 1.54) is 15.4 Å². The molecule has 0 aromatic carbocycles. The van der Waals surface area contributed by atoms with Crippen molar-refractivity contribution in [3.05, 3.63) is 39.6 Å². The molecule has 0 spiro atoms. The average Bonchev–Trinajstić information content (AvgIpc) is 2.82. The summed E-state index contributed by atoms with van der Waals surface area (Å²) in [7, 11) is 1.97. The predicted molar refractivity (Wildman–Crippen MR) is 67.9 cm³/mol. The Morgan fingerprint density at radius 2 is 2.06 bits per heavy atom. The number of aromatic nitrogens is 2. The van der Waals surface area contributed by atoms with Gasteiger partial charge in [-0.1, -0.05) is 0 Å². The lowest BCUT2D eigenvalue weighted by atomic mass is 10.3. The van der Waals surface area contributed by atoms with Crippen LogP contribution in [0.1, 0.15) is 21.1 Å². The molecule has 2 aromatic rings. The quantitative estimate of drug-likeness (QED) is 0.881. The molecule has 0 saturated carbocycles. The molecule has 0 amide bonds. The summed E-state index contributed by atoms with van der Waals surface area (Å²) in [6, 6.07) is 4.39. The number of rotatable bonds is 4. The molecule has 0 saturated heterocycles. The summed E-state index contributed by atoms with van der Waals surface area (Å²) in [5.74, 6) is 0. The predicted octanol–water partition coefficient (Wildman–Crippen LogP) is 2.33. The van der Waals surface area contributed by atoms with Gasteiger partial charge in [-0.2, -0.15) is 0 Å². The summed E-state index contributed by atoms with van der Waals surface area (Å²) in [6.07, 6.45) is 1.92. The van der Waals surface area contributed by atoms with Crippen LogP contribution < -0.4 is 5.32 Å². The van der Waals surface area contributed by atoms with E-state index in [0.29, 0.717) is 0 Å². The highest BCUT2D eigenvalue weighted by Crippen LogP contribution is 2.18. The first-order valence-electron chi connectivity index (χ1n) is 5.41. The fourth-order valence-corrected chi connectivity index (χ4v) is 2.68. The maximum absolute atomic E-state index is 4.31. The second-order valence-corrected chi connectivity index (χ2v) is 5.19. The summed E-state index contributed by atoms with van der Waals surface area (Å²) in [5, 5.41) is 3.17. The van der Waals surface area contributed by atoms with Gasteiger partial charge in [0.2, 0.25) is 0 Å². The van der Waals surface area contributed by atoms with Crippen molar-refractivity contribution in [1.29, 1.82) is 0 Å². The third-order valence-electron chi connectivity index (χ3n) is 2.74. The van der Waals surface area contributed by atoms with Gasteiger partial charge in [0.25, 0.3) is 0 Å². The van der Waals surface area contributed by atoms with E-state index in [4.69, 9.17) is 0 Å². The van der Waals surface area contributed by atoms with Crippen molar-refractivity contribution in [2.24, 2.45) is 0 Å². The Kier molecular flexibility index (Phi) is 3.41. The molecule has 86 valence electrons. The topological polar surface area (TPSA) is 29.9 Å². The Hall–Kier alpha value is -1.13. The van der Waals surface area contributed by atoms with Gasteiger partial charge in [0, 0.05) is 22.0 Å². The lowest BCUT2D eigenvalue weighted by Gasteiger charge is -2.02. The van der Waals surface area contributed by atoms with Gasteiger partial charge in [-0.15, -0.1) is 11.3 Å². The van der Waals surface area contributed by atoms with Crippen molar-refractivity contribution in [2.75, 3.05) is 7.05 Å². The lowest BCUT2D eigenvalue weighted by Crippen LogP contribution is -2.02. The van der Waals surface area contributed by atoms with Crippen LogP contribution in [0.4, 0.5) is 0 Å². The molecule has 16 heavy (non-hydrogen) atoms. The minimum absolute atomic E-state index is 0.932. The zero-order valence-corrected chi connectivity index (χ0v) is 10.8. The van der Waals surface area contributed by atoms with Crippen molar-refractivity contribution in [3.8, 4) is 0 Å². The summed E-state index contributed by atoms with van der Waals surface area (Å²) in [5.41, 5.74) is 2.37. The van der Waals surface area contributed by atoms with Crippen molar-refractivity contribution in [2.45, 2.75) is 26.9 Å². The highest BCUT2D eigenvalue weighted by molar-refractivity contribution is 7.11. The van der Waals surface area contributed by atoms with Crippen molar-refractivity contribution >= 4 is 11.3 Å². The first kappa shape index (κ1) is 11.4. The molecule has 0 aliphatic heterocycles. The Labute approximate surface area is 100 Å². The van der Waals surface area contributed by atoms with Crippen LogP contribution in [0, 0.1) is 13.8 Å². The van der Waals surface area contributed by atoms with E-state index in [1.54, 1.807) is 0 Å². The summed E-state index contributed by atoms with van der Waals surface area (Å²) in [4.78, 5) is 7.07. The first-order valence-corrected chi connectivity index (χ1v) is 6.23. The van der Waals surface area contributed by atoms with Crippen LogP contribution in [-0.2, 0) is 13.1 Å². The van der Waals surface area contributed by atoms with Crippen LogP contribution >= 0.6 is 11.3 Å². The molecule has 0 radical (unpaired) electrons. The fraction of sp³-hybridized carbons (Fsp3) is 0.417. The van der Waals surface area contributed by atoms with Gasteiger partial charge in [-0.25, -0.2) is 4.98 Å². The van der Waals surface area contributed by atoms with Gasteiger partial charge in [-0.05, 0) is 33.0 Å². The van der Waals surface area contributed by atoms with Crippen molar-refractivity contribution < 1.29 is 0 Å². The highest BCUT2D eigenvalue weighted by atomic mass is 32.1. The summed E-state index contributed by atoms with van der Waals surface area (Å²) in [6.45, 7) is 6.05. The number of thiophene rings is 1. The van der Waals surface area contributed by atoms with E-state index < -0.39 is 0 Å². The van der Waals surface area contributed by atoms with E-state index in [2.05, 4.69) is 33.9 Å². The van der Waals surface area contributed by atoms with Crippen LogP contribution in [0.2, 0.25) is 0 Å². The highest BCUT2D eigenvalue weighted by Gasteiger charge is 2.04. The molecule has 0 fully saturated rings. The molecular weight excluding hydrogens is 218 g/mol. The fourth-order valence-electron chi connectivity index (χ4n) is 1.65. The van der Waals surface area contributed by atoms with Crippen LogP contribution in [0.25, 0.3) is 0 Å². The third-order valence-corrected chi connectivity index (χ3v) is 3.81. The number of nitrogens with zero attached hydrogens (tertiary/aromatic N) is 2. The minimum Gasteiger partial charge on any atom is -0.329 e. The average molecular weight is 235 g/mol. The maximum Gasteiger partial charge on any atom is 0.0954 e. The Morgan fingerprint density at radius 1 is 1.31 bits per heavy atom. The Bertz CT molecular complexity index is 470. The first-order chi connectivity index (χ1) is 7.70. The molecule has 1 N–H and O–H groups in total. The van der Waals surface area contributed by atoms with E-state index >= 15 is 0 Å². The Balaban J connectivity index is 2.11. The van der Waals surface area contributed by atoms with Crippen LogP contribution in [0.5, 0.6) is 0 Å². The van der Waals surface area contributed by atoms with Gasteiger partial charge in [0.1, 0.15) is 0 Å². The molecule has 0 unspecified atom stereocenters. The number of nitrogens with one attached hydrogen (secondary N) is 1. The zero-order valence-electron chi connectivity index (χ0n) is 9.95. The normalized spacial score (nSPS) is 10.9. The van der Waals surface area contributed by atoms with E-state index in [-0.39, 0.29) is 0 Å². The van der Waals surface area contributed by atoms with Gasteiger partial charge in [0.05, 0.1) is 18.6 Å².